The summed E-state index contributed by atoms with van der Waals surface area (Å²) in [7, 11) is 1.72. The molecule has 0 atom stereocenters. The lowest BCUT2D eigenvalue weighted by atomic mass is 10.2. The Labute approximate surface area is 172 Å². The highest BCUT2D eigenvalue weighted by Crippen LogP contribution is 2.36. The summed E-state index contributed by atoms with van der Waals surface area (Å²) in [4.78, 5) is 29.1. The van der Waals surface area contributed by atoms with Crippen LogP contribution in [0.3, 0.4) is 0 Å². The molecule has 1 aromatic carbocycles. The van der Waals surface area contributed by atoms with Crippen LogP contribution in [-0.2, 0) is 16.5 Å². The average molecular weight is 407 g/mol. The molecule has 0 spiro atoms. The fourth-order valence-corrected chi connectivity index (χ4v) is 3.31. The number of hydrogen-bond acceptors (Lipinski definition) is 7. The van der Waals surface area contributed by atoms with Crippen molar-refractivity contribution >= 4 is 45.5 Å². The third-order valence-electron chi connectivity index (χ3n) is 4.64. The van der Waals surface area contributed by atoms with Gasteiger partial charge in [0.25, 0.3) is 0 Å². The molecule has 1 N–H and O–H groups in total. The van der Waals surface area contributed by atoms with E-state index in [9.17, 15) is 9.59 Å². The molecular weight excluding hydrogens is 386 g/mol. The van der Waals surface area contributed by atoms with E-state index in [1.54, 1.807) is 37.6 Å². The number of aryl methyl sites for hydroxylation is 1. The van der Waals surface area contributed by atoms with E-state index in [0.29, 0.717) is 33.6 Å². The van der Waals surface area contributed by atoms with Gasteiger partial charge in [-0.05, 0) is 32.0 Å². The number of furan rings is 1. The Hall–Kier alpha value is -3.81. The van der Waals surface area contributed by atoms with Crippen LogP contribution in [0, 0.1) is 0 Å². The van der Waals surface area contributed by atoms with Crippen LogP contribution in [0.25, 0.3) is 22.1 Å². The fraction of sp³-hybridized carbons (Fsp3) is 0.227. The predicted molar refractivity (Wildman–Crippen MR) is 112 cm³/mol. The van der Waals surface area contributed by atoms with Crippen molar-refractivity contribution in [3.63, 3.8) is 0 Å². The summed E-state index contributed by atoms with van der Waals surface area (Å²) in [6.45, 7) is 4.00. The number of esters is 2. The molecule has 0 aliphatic heterocycles. The smallest absolute Gasteiger partial charge is 0.357 e. The highest BCUT2D eigenvalue weighted by atomic mass is 16.5. The SMILES string of the molecule is CCOC(=O)c1cc2oc3c(cc(C(=O)OCC)n3C)c2c(Nc2ccccc2)n1. The fourth-order valence-electron chi connectivity index (χ4n) is 3.31. The van der Waals surface area contributed by atoms with Gasteiger partial charge in [0.15, 0.2) is 5.69 Å². The first-order valence-electron chi connectivity index (χ1n) is 9.62. The summed E-state index contributed by atoms with van der Waals surface area (Å²) in [5.74, 6) is -0.544. The van der Waals surface area contributed by atoms with Crippen molar-refractivity contribution in [1.29, 1.82) is 0 Å². The standard InChI is InChI=1S/C22H21N3O5/c1-4-28-21(26)15-12-17-18(19(24-15)23-13-9-7-6-8-10-13)14-11-16(22(27)29-5-2)25(3)20(14)30-17/h6-12H,4-5H2,1-3H3,(H,23,24). The van der Waals surface area contributed by atoms with E-state index in [1.807, 2.05) is 30.3 Å². The van der Waals surface area contributed by atoms with Crippen molar-refractivity contribution in [1.82, 2.24) is 9.55 Å². The van der Waals surface area contributed by atoms with Gasteiger partial charge < -0.3 is 23.8 Å². The topological polar surface area (TPSA) is 95.6 Å². The van der Waals surface area contributed by atoms with E-state index in [4.69, 9.17) is 13.9 Å². The molecule has 0 saturated carbocycles. The third kappa shape index (κ3) is 3.36. The number of aromatic nitrogens is 2. The number of rotatable bonds is 6. The molecule has 0 bridgehead atoms. The van der Waals surface area contributed by atoms with Gasteiger partial charge in [0.1, 0.15) is 17.1 Å². The number of carbonyl (C=O) groups excluding carboxylic acids is 2. The number of nitrogens with one attached hydrogen (secondary N) is 1. The minimum Gasteiger partial charge on any atom is -0.461 e. The molecule has 0 amide bonds. The number of carbonyl (C=O) groups is 2. The van der Waals surface area contributed by atoms with Gasteiger partial charge in [-0.1, -0.05) is 18.2 Å². The molecule has 4 rings (SSSR count). The van der Waals surface area contributed by atoms with Crippen molar-refractivity contribution in [3.8, 4) is 0 Å². The second kappa shape index (κ2) is 7.90. The van der Waals surface area contributed by atoms with Crippen molar-refractivity contribution in [2.75, 3.05) is 18.5 Å². The van der Waals surface area contributed by atoms with E-state index in [0.717, 1.165) is 5.69 Å². The molecule has 0 unspecified atom stereocenters. The number of nitrogens with zero attached hydrogens (tertiary/aromatic N) is 2. The van der Waals surface area contributed by atoms with Crippen LogP contribution in [0.5, 0.6) is 0 Å². The summed E-state index contributed by atoms with van der Waals surface area (Å²) >= 11 is 0. The molecule has 8 nitrogen and oxygen atoms in total. The largest absolute Gasteiger partial charge is 0.461 e. The molecule has 3 heterocycles. The van der Waals surface area contributed by atoms with E-state index < -0.39 is 11.9 Å². The molecule has 0 fully saturated rings. The zero-order valence-corrected chi connectivity index (χ0v) is 16.9. The molecule has 0 saturated heterocycles. The monoisotopic (exact) mass is 407 g/mol. The summed E-state index contributed by atoms with van der Waals surface area (Å²) in [5.41, 5.74) is 2.23. The lowest BCUT2D eigenvalue weighted by Gasteiger charge is -2.09. The van der Waals surface area contributed by atoms with Gasteiger partial charge in [0.2, 0.25) is 5.71 Å². The van der Waals surface area contributed by atoms with Gasteiger partial charge in [0, 0.05) is 18.8 Å². The zero-order valence-electron chi connectivity index (χ0n) is 16.9. The second-order valence-electron chi connectivity index (χ2n) is 6.57. The van der Waals surface area contributed by atoms with Gasteiger partial charge >= 0.3 is 11.9 Å². The van der Waals surface area contributed by atoms with Crippen LogP contribution in [0.1, 0.15) is 34.8 Å². The number of fused-ring (bicyclic) bond motifs is 3. The number of ether oxygens (including phenoxy) is 2. The molecule has 3 aromatic heterocycles. The summed E-state index contributed by atoms with van der Waals surface area (Å²) in [6.07, 6.45) is 0. The number of pyridine rings is 1. The Morgan fingerprint density at radius 3 is 2.47 bits per heavy atom. The predicted octanol–water partition coefficient (Wildman–Crippen LogP) is 4.42. The molecular formula is C22H21N3O5. The highest BCUT2D eigenvalue weighted by molar-refractivity contribution is 6.13. The maximum atomic E-state index is 12.3. The van der Waals surface area contributed by atoms with E-state index >= 15 is 0 Å². The van der Waals surface area contributed by atoms with Crippen LogP contribution in [0.15, 0.2) is 46.9 Å². The minimum atomic E-state index is -0.539. The number of anilines is 2. The maximum Gasteiger partial charge on any atom is 0.357 e. The molecule has 0 aliphatic rings. The van der Waals surface area contributed by atoms with Crippen molar-refractivity contribution in [3.05, 3.63) is 53.9 Å². The minimum absolute atomic E-state index is 0.132. The van der Waals surface area contributed by atoms with E-state index in [2.05, 4.69) is 10.3 Å². The van der Waals surface area contributed by atoms with Crippen LogP contribution >= 0.6 is 0 Å². The van der Waals surface area contributed by atoms with Crippen molar-refractivity contribution in [2.45, 2.75) is 13.8 Å². The van der Waals surface area contributed by atoms with E-state index in [1.165, 1.54) is 0 Å². The Bertz CT molecular complexity index is 1240. The maximum absolute atomic E-state index is 12.3. The van der Waals surface area contributed by atoms with Gasteiger partial charge in [-0.25, -0.2) is 14.6 Å². The number of para-hydroxylation sites is 1. The van der Waals surface area contributed by atoms with E-state index in [-0.39, 0.29) is 18.9 Å². The molecule has 154 valence electrons. The van der Waals surface area contributed by atoms with Crippen LogP contribution in [-0.4, -0.2) is 34.7 Å². The number of benzene rings is 1. The van der Waals surface area contributed by atoms with Crippen LogP contribution in [0.2, 0.25) is 0 Å². The summed E-state index contributed by atoms with van der Waals surface area (Å²) < 4.78 is 17.9. The van der Waals surface area contributed by atoms with Crippen molar-refractivity contribution in [2.24, 2.45) is 7.05 Å². The van der Waals surface area contributed by atoms with Crippen LogP contribution < -0.4 is 5.32 Å². The Morgan fingerprint density at radius 2 is 1.77 bits per heavy atom. The lowest BCUT2D eigenvalue weighted by molar-refractivity contribution is 0.0508. The molecule has 30 heavy (non-hydrogen) atoms. The van der Waals surface area contributed by atoms with Gasteiger partial charge in [0.05, 0.1) is 24.0 Å². The Balaban J connectivity index is 1.93. The molecule has 8 heteroatoms. The zero-order chi connectivity index (χ0) is 21.3. The molecule has 0 radical (unpaired) electrons. The van der Waals surface area contributed by atoms with Gasteiger partial charge in [-0.2, -0.15) is 0 Å². The average Bonchev–Trinajstić information content (AvgIpc) is 3.25. The lowest BCUT2D eigenvalue weighted by Crippen LogP contribution is -2.09. The third-order valence-corrected chi connectivity index (χ3v) is 4.64. The highest BCUT2D eigenvalue weighted by Gasteiger charge is 2.24. The van der Waals surface area contributed by atoms with Crippen molar-refractivity contribution < 1.29 is 23.5 Å². The summed E-state index contributed by atoms with van der Waals surface area (Å²) in [6, 6.07) is 12.7. The van der Waals surface area contributed by atoms with Gasteiger partial charge in [-0.3, -0.25) is 0 Å². The second-order valence-corrected chi connectivity index (χ2v) is 6.57. The first-order chi connectivity index (χ1) is 14.5. The molecule has 4 aromatic rings. The first kappa shape index (κ1) is 19.5. The number of hydrogen-bond donors (Lipinski definition) is 1. The summed E-state index contributed by atoms with van der Waals surface area (Å²) in [5, 5.41) is 4.59. The van der Waals surface area contributed by atoms with Gasteiger partial charge in [-0.15, -0.1) is 0 Å². The normalized spacial score (nSPS) is 11.0. The Morgan fingerprint density at radius 1 is 1.07 bits per heavy atom. The quantitative estimate of drug-likeness (QED) is 0.473. The molecule has 0 aliphatic carbocycles. The van der Waals surface area contributed by atoms with Crippen LogP contribution in [0.4, 0.5) is 11.5 Å². The first-order valence-corrected chi connectivity index (χ1v) is 9.62. The Kier molecular flexibility index (Phi) is 5.14.